The van der Waals surface area contributed by atoms with E-state index in [2.05, 4.69) is 0 Å². The highest BCUT2D eigenvalue weighted by molar-refractivity contribution is 4.75. The fourth-order valence-electron chi connectivity index (χ4n) is 2.92. The van der Waals surface area contributed by atoms with E-state index in [9.17, 15) is 10.2 Å². The Labute approximate surface area is 144 Å². The first-order chi connectivity index (χ1) is 11.0. The van der Waals surface area contributed by atoms with Crippen LogP contribution < -0.4 is 0 Å². The van der Waals surface area contributed by atoms with Crippen molar-refractivity contribution in [1.29, 1.82) is 0 Å². The van der Waals surface area contributed by atoms with Crippen molar-refractivity contribution >= 4 is 0 Å². The summed E-state index contributed by atoms with van der Waals surface area (Å²) in [6, 6.07) is 0. The Morgan fingerprint density at radius 2 is 0.913 bits per heavy atom. The molecule has 140 valence electrons. The van der Waals surface area contributed by atoms with Gasteiger partial charge < -0.3 is 15.3 Å². The highest BCUT2D eigenvalue weighted by Crippen LogP contribution is 2.17. The first-order valence-corrected chi connectivity index (χ1v) is 9.99. The van der Waals surface area contributed by atoms with Crippen molar-refractivity contribution < 1.29 is 15.3 Å². The molecule has 0 rings (SSSR count). The monoisotopic (exact) mass is 330 g/mol. The van der Waals surface area contributed by atoms with Gasteiger partial charge in [-0.1, -0.05) is 83.5 Å². The van der Waals surface area contributed by atoms with E-state index < -0.39 is 11.7 Å². The molecule has 0 aliphatic heterocycles. The van der Waals surface area contributed by atoms with E-state index in [1.165, 1.54) is 77.0 Å². The molecule has 0 aromatic heterocycles. The molecule has 0 amide bonds. The maximum absolute atomic E-state index is 9.73. The lowest BCUT2D eigenvalue weighted by molar-refractivity contribution is -0.0522. The molecule has 0 aromatic carbocycles. The van der Waals surface area contributed by atoms with Crippen molar-refractivity contribution in [3.63, 3.8) is 0 Å². The molecule has 23 heavy (non-hydrogen) atoms. The van der Waals surface area contributed by atoms with Crippen LogP contribution in [0.25, 0.3) is 0 Å². The second-order valence-corrected chi connectivity index (χ2v) is 7.63. The number of hydrogen-bond acceptors (Lipinski definition) is 3. The van der Waals surface area contributed by atoms with Gasteiger partial charge in [0.15, 0.2) is 0 Å². The van der Waals surface area contributed by atoms with Crippen LogP contribution in [0.3, 0.4) is 0 Å². The molecule has 0 spiro atoms. The van der Waals surface area contributed by atoms with Gasteiger partial charge in [0.05, 0.1) is 11.7 Å². The maximum Gasteiger partial charge on any atom is 0.0849 e. The summed E-state index contributed by atoms with van der Waals surface area (Å²) in [4.78, 5) is 0. The third kappa shape index (κ3) is 16.5. The molecule has 0 bridgehead atoms. The van der Waals surface area contributed by atoms with Crippen molar-refractivity contribution in [2.24, 2.45) is 0 Å². The summed E-state index contributed by atoms with van der Waals surface area (Å²) in [5, 5.41) is 28.1. The minimum atomic E-state index is -0.959. The van der Waals surface area contributed by atoms with Gasteiger partial charge in [-0.25, -0.2) is 0 Å². The Kier molecular flexibility index (Phi) is 15.3. The topological polar surface area (TPSA) is 60.7 Å². The van der Waals surface area contributed by atoms with Crippen molar-refractivity contribution in [3.8, 4) is 0 Å². The molecule has 1 atom stereocenters. The molecule has 3 heteroatoms. The molecule has 3 N–H and O–H groups in total. The zero-order chi connectivity index (χ0) is 17.4. The Morgan fingerprint density at radius 1 is 0.609 bits per heavy atom. The minimum Gasteiger partial charge on any atom is -0.396 e. The van der Waals surface area contributed by atoms with Gasteiger partial charge in [-0.15, -0.1) is 0 Å². The third-order valence-electron chi connectivity index (χ3n) is 4.70. The van der Waals surface area contributed by atoms with E-state index in [0.29, 0.717) is 13.0 Å². The van der Waals surface area contributed by atoms with Crippen LogP contribution in [0.15, 0.2) is 0 Å². The molecule has 0 heterocycles. The summed E-state index contributed by atoms with van der Waals surface area (Å²) in [6.07, 6.45) is 17.8. The van der Waals surface area contributed by atoms with E-state index >= 15 is 0 Å². The van der Waals surface area contributed by atoms with Gasteiger partial charge >= 0.3 is 0 Å². The van der Waals surface area contributed by atoms with Crippen molar-refractivity contribution in [2.75, 3.05) is 6.61 Å². The molecule has 0 fully saturated rings. The number of aliphatic hydroxyl groups is 3. The molecule has 0 aromatic rings. The first kappa shape index (κ1) is 22.9. The summed E-state index contributed by atoms with van der Waals surface area (Å²) >= 11 is 0. The molecule has 1 unspecified atom stereocenters. The highest BCUT2D eigenvalue weighted by atomic mass is 16.3. The quantitative estimate of drug-likeness (QED) is 0.330. The standard InChI is InChI=1S/C20H42O3/c1-20(2,23)19(22)17-15-13-11-9-7-5-3-4-6-8-10-12-14-16-18-21/h19,21-23H,3-18H2,1-2H3. The molecule has 0 saturated heterocycles. The number of unbranched alkanes of at least 4 members (excludes halogenated alkanes) is 13. The van der Waals surface area contributed by atoms with E-state index in [-0.39, 0.29) is 0 Å². The van der Waals surface area contributed by atoms with Gasteiger partial charge in [0.25, 0.3) is 0 Å². The summed E-state index contributed by atoms with van der Waals surface area (Å²) in [5.41, 5.74) is -0.959. The Hall–Kier alpha value is -0.120. The van der Waals surface area contributed by atoms with Gasteiger partial charge in [0.1, 0.15) is 0 Å². The Balaban J connectivity index is 3.11. The maximum atomic E-state index is 9.73. The van der Waals surface area contributed by atoms with Crippen LogP contribution in [0.2, 0.25) is 0 Å². The lowest BCUT2D eigenvalue weighted by Crippen LogP contribution is -2.35. The number of aliphatic hydroxyl groups excluding tert-OH is 2. The van der Waals surface area contributed by atoms with Crippen LogP contribution >= 0.6 is 0 Å². The van der Waals surface area contributed by atoms with E-state index in [1.54, 1.807) is 13.8 Å². The highest BCUT2D eigenvalue weighted by Gasteiger charge is 2.23. The fraction of sp³-hybridized carbons (Fsp3) is 1.00. The van der Waals surface area contributed by atoms with Crippen LogP contribution in [0.4, 0.5) is 0 Å². The average molecular weight is 331 g/mol. The lowest BCUT2D eigenvalue weighted by atomic mass is 9.96. The second-order valence-electron chi connectivity index (χ2n) is 7.63. The SMILES string of the molecule is CC(C)(O)C(O)CCCCCCCCCCCCCCCCO. The van der Waals surface area contributed by atoms with Gasteiger partial charge in [-0.05, 0) is 26.7 Å². The molecule has 3 nitrogen and oxygen atoms in total. The van der Waals surface area contributed by atoms with Gasteiger partial charge in [-0.2, -0.15) is 0 Å². The van der Waals surface area contributed by atoms with E-state index in [4.69, 9.17) is 5.11 Å². The van der Waals surface area contributed by atoms with Gasteiger partial charge in [0.2, 0.25) is 0 Å². The summed E-state index contributed by atoms with van der Waals surface area (Å²) in [6.45, 7) is 3.69. The molecular formula is C20H42O3. The predicted octanol–water partition coefficient (Wildman–Crippen LogP) is 4.96. The van der Waals surface area contributed by atoms with Crippen LogP contribution in [0.5, 0.6) is 0 Å². The second kappa shape index (κ2) is 15.4. The van der Waals surface area contributed by atoms with Crippen LogP contribution in [0.1, 0.15) is 110 Å². The fourth-order valence-corrected chi connectivity index (χ4v) is 2.92. The third-order valence-corrected chi connectivity index (χ3v) is 4.70. The normalized spacial score (nSPS) is 13.4. The average Bonchev–Trinajstić information content (AvgIpc) is 2.50. The molecule has 0 saturated carbocycles. The van der Waals surface area contributed by atoms with Crippen LogP contribution in [-0.4, -0.2) is 33.6 Å². The van der Waals surface area contributed by atoms with Crippen LogP contribution in [0, 0.1) is 0 Å². The van der Waals surface area contributed by atoms with Crippen molar-refractivity contribution in [1.82, 2.24) is 0 Å². The molecule has 0 radical (unpaired) electrons. The zero-order valence-corrected chi connectivity index (χ0v) is 15.7. The first-order valence-electron chi connectivity index (χ1n) is 9.99. The van der Waals surface area contributed by atoms with Gasteiger partial charge in [0, 0.05) is 6.61 Å². The van der Waals surface area contributed by atoms with E-state index in [1.807, 2.05) is 0 Å². The van der Waals surface area contributed by atoms with E-state index in [0.717, 1.165) is 12.8 Å². The van der Waals surface area contributed by atoms with Gasteiger partial charge in [-0.3, -0.25) is 0 Å². The summed E-state index contributed by atoms with van der Waals surface area (Å²) in [5.74, 6) is 0. The number of rotatable bonds is 17. The zero-order valence-electron chi connectivity index (χ0n) is 15.7. The lowest BCUT2D eigenvalue weighted by Gasteiger charge is -2.24. The molecular weight excluding hydrogens is 288 g/mol. The Morgan fingerprint density at radius 3 is 1.22 bits per heavy atom. The summed E-state index contributed by atoms with van der Waals surface area (Å²) < 4.78 is 0. The Bertz CT molecular complexity index is 236. The molecule has 0 aliphatic carbocycles. The minimum absolute atomic E-state index is 0.347. The largest absolute Gasteiger partial charge is 0.396 e. The number of hydrogen-bond donors (Lipinski definition) is 3. The van der Waals surface area contributed by atoms with Crippen molar-refractivity contribution in [2.45, 2.75) is 122 Å². The van der Waals surface area contributed by atoms with Crippen LogP contribution in [-0.2, 0) is 0 Å². The van der Waals surface area contributed by atoms with Crippen molar-refractivity contribution in [3.05, 3.63) is 0 Å². The smallest absolute Gasteiger partial charge is 0.0849 e. The molecule has 0 aliphatic rings. The summed E-state index contributed by atoms with van der Waals surface area (Å²) in [7, 11) is 0. The predicted molar refractivity (Wildman–Crippen MR) is 98.6 cm³/mol.